The molecule has 1 aromatic heterocycles. The zero-order valence-corrected chi connectivity index (χ0v) is 11.5. The smallest absolute Gasteiger partial charge is 0.325 e. The fourth-order valence-corrected chi connectivity index (χ4v) is 2.70. The lowest BCUT2D eigenvalue weighted by Gasteiger charge is -2.21. The van der Waals surface area contributed by atoms with Gasteiger partial charge in [-0.15, -0.1) is 11.3 Å². The summed E-state index contributed by atoms with van der Waals surface area (Å²) in [5.41, 5.74) is 0.972. The van der Waals surface area contributed by atoms with E-state index in [4.69, 9.17) is 4.74 Å². The molecule has 1 aliphatic carbocycles. The van der Waals surface area contributed by atoms with E-state index in [-0.39, 0.29) is 24.5 Å². The summed E-state index contributed by atoms with van der Waals surface area (Å²) in [6.07, 6.45) is 1.96. The number of nitrogens with zero attached hydrogens (tertiary/aromatic N) is 1. The van der Waals surface area contributed by atoms with E-state index >= 15 is 0 Å². The number of amides is 1. The van der Waals surface area contributed by atoms with E-state index in [2.05, 4.69) is 0 Å². The highest BCUT2D eigenvalue weighted by molar-refractivity contribution is 7.12. The topological polar surface area (TPSA) is 46.6 Å². The van der Waals surface area contributed by atoms with Gasteiger partial charge in [0.15, 0.2) is 0 Å². The predicted molar refractivity (Wildman–Crippen MR) is 69.7 cm³/mol. The molecule has 5 heteroatoms. The summed E-state index contributed by atoms with van der Waals surface area (Å²) in [7, 11) is 0. The van der Waals surface area contributed by atoms with Crippen LogP contribution in [0, 0.1) is 6.92 Å². The first-order valence-electron chi connectivity index (χ1n) is 6.14. The Morgan fingerprint density at radius 1 is 1.50 bits per heavy atom. The standard InChI is InChI=1S/C13H17NO3S/c1-3-17-11(15)8-14(10-4-5-10)13(16)12-9(2)6-7-18-12/h6-7,10H,3-5,8H2,1-2H3. The van der Waals surface area contributed by atoms with Crippen LogP contribution in [0.5, 0.6) is 0 Å². The maximum atomic E-state index is 12.4. The lowest BCUT2D eigenvalue weighted by Crippen LogP contribution is -2.38. The normalized spacial score (nSPS) is 14.3. The molecule has 0 atom stereocenters. The Morgan fingerprint density at radius 3 is 2.72 bits per heavy atom. The molecule has 0 N–H and O–H groups in total. The molecule has 1 aliphatic rings. The molecule has 0 aliphatic heterocycles. The molecule has 1 fully saturated rings. The molecule has 1 amide bonds. The summed E-state index contributed by atoms with van der Waals surface area (Å²) in [5.74, 6) is -0.370. The van der Waals surface area contributed by atoms with Crippen molar-refractivity contribution < 1.29 is 14.3 Å². The number of ether oxygens (including phenoxy) is 1. The Hall–Kier alpha value is -1.36. The Bertz CT molecular complexity index is 451. The van der Waals surface area contributed by atoms with Crippen LogP contribution in [0.2, 0.25) is 0 Å². The third kappa shape index (κ3) is 2.90. The van der Waals surface area contributed by atoms with Gasteiger partial charge in [-0.3, -0.25) is 9.59 Å². The van der Waals surface area contributed by atoms with E-state index in [1.807, 2.05) is 18.4 Å². The largest absolute Gasteiger partial charge is 0.465 e. The van der Waals surface area contributed by atoms with Crippen molar-refractivity contribution in [3.8, 4) is 0 Å². The van der Waals surface area contributed by atoms with Gasteiger partial charge < -0.3 is 9.64 Å². The number of aryl methyl sites for hydroxylation is 1. The third-order valence-electron chi connectivity index (χ3n) is 2.91. The second kappa shape index (κ2) is 5.52. The van der Waals surface area contributed by atoms with Crippen molar-refractivity contribution in [1.29, 1.82) is 0 Å². The van der Waals surface area contributed by atoms with Crippen molar-refractivity contribution in [2.24, 2.45) is 0 Å². The molecule has 1 aromatic rings. The molecule has 2 rings (SSSR count). The van der Waals surface area contributed by atoms with Gasteiger partial charge in [-0.25, -0.2) is 0 Å². The Labute approximate surface area is 111 Å². The lowest BCUT2D eigenvalue weighted by atomic mass is 10.2. The van der Waals surface area contributed by atoms with Gasteiger partial charge in [0.25, 0.3) is 5.91 Å². The number of rotatable bonds is 5. The van der Waals surface area contributed by atoms with E-state index in [0.29, 0.717) is 6.61 Å². The maximum Gasteiger partial charge on any atom is 0.325 e. The molecule has 1 saturated carbocycles. The van der Waals surface area contributed by atoms with E-state index in [1.165, 1.54) is 11.3 Å². The van der Waals surface area contributed by atoms with Gasteiger partial charge in [0.05, 0.1) is 11.5 Å². The van der Waals surface area contributed by atoms with Crippen LogP contribution in [0.1, 0.15) is 35.0 Å². The number of hydrogen-bond donors (Lipinski definition) is 0. The number of carbonyl (C=O) groups excluding carboxylic acids is 2. The van der Waals surface area contributed by atoms with Gasteiger partial charge in [0.1, 0.15) is 6.54 Å². The highest BCUT2D eigenvalue weighted by Gasteiger charge is 2.35. The summed E-state index contributed by atoms with van der Waals surface area (Å²) >= 11 is 1.43. The maximum absolute atomic E-state index is 12.4. The molecule has 98 valence electrons. The molecule has 0 bridgehead atoms. The highest BCUT2D eigenvalue weighted by Crippen LogP contribution is 2.29. The molecule has 18 heavy (non-hydrogen) atoms. The Morgan fingerprint density at radius 2 is 2.22 bits per heavy atom. The second-order valence-electron chi connectivity index (χ2n) is 4.40. The van der Waals surface area contributed by atoms with Crippen molar-refractivity contribution in [3.63, 3.8) is 0 Å². The van der Waals surface area contributed by atoms with Crippen LogP contribution in [0.15, 0.2) is 11.4 Å². The Kier molecular flexibility index (Phi) is 4.01. The van der Waals surface area contributed by atoms with Crippen molar-refractivity contribution >= 4 is 23.2 Å². The molecule has 4 nitrogen and oxygen atoms in total. The van der Waals surface area contributed by atoms with Crippen LogP contribution in [-0.2, 0) is 9.53 Å². The van der Waals surface area contributed by atoms with E-state index in [9.17, 15) is 9.59 Å². The number of carbonyl (C=O) groups is 2. The van der Waals surface area contributed by atoms with Crippen LogP contribution in [0.4, 0.5) is 0 Å². The number of thiophene rings is 1. The molecule has 0 saturated heterocycles. The first-order chi connectivity index (χ1) is 8.63. The average Bonchev–Trinajstić information content (AvgIpc) is 3.08. The molecule has 0 spiro atoms. The van der Waals surface area contributed by atoms with Gasteiger partial charge in [0.2, 0.25) is 0 Å². The highest BCUT2D eigenvalue weighted by atomic mass is 32.1. The second-order valence-corrected chi connectivity index (χ2v) is 5.32. The van der Waals surface area contributed by atoms with Crippen molar-refractivity contribution in [2.75, 3.05) is 13.2 Å². The van der Waals surface area contributed by atoms with Gasteiger partial charge in [0, 0.05) is 6.04 Å². The van der Waals surface area contributed by atoms with E-state index in [0.717, 1.165) is 23.3 Å². The number of hydrogen-bond acceptors (Lipinski definition) is 4. The van der Waals surface area contributed by atoms with Gasteiger partial charge in [-0.05, 0) is 43.7 Å². The predicted octanol–water partition coefficient (Wildman–Crippen LogP) is 2.22. The summed E-state index contributed by atoms with van der Waals surface area (Å²) < 4.78 is 4.92. The van der Waals surface area contributed by atoms with Crippen LogP contribution >= 0.6 is 11.3 Å². The van der Waals surface area contributed by atoms with Crippen LogP contribution in [0.25, 0.3) is 0 Å². The van der Waals surface area contributed by atoms with Gasteiger partial charge in [-0.2, -0.15) is 0 Å². The van der Waals surface area contributed by atoms with Crippen LogP contribution < -0.4 is 0 Å². The van der Waals surface area contributed by atoms with Crippen molar-refractivity contribution in [1.82, 2.24) is 4.90 Å². The fourth-order valence-electron chi connectivity index (χ4n) is 1.82. The molecular weight excluding hydrogens is 250 g/mol. The van der Waals surface area contributed by atoms with Crippen LogP contribution in [-0.4, -0.2) is 36.0 Å². The quantitative estimate of drug-likeness (QED) is 0.769. The minimum atomic E-state index is -0.327. The summed E-state index contributed by atoms with van der Waals surface area (Å²) in [4.78, 5) is 26.3. The summed E-state index contributed by atoms with van der Waals surface area (Å²) in [6, 6.07) is 2.14. The first kappa shape index (κ1) is 13.1. The van der Waals surface area contributed by atoms with Crippen molar-refractivity contribution in [3.05, 3.63) is 21.9 Å². The first-order valence-corrected chi connectivity index (χ1v) is 7.02. The zero-order valence-electron chi connectivity index (χ0n) is 10.6. The molecule has 0 radical (unpaired) electrons. The molecule has 1 heterocycles. The monoisotopic (exact) mass is 267 g/mol. The van der Waals surface area contributed by atoms with Crippen LogP contribution in [0.3, 0.4) is 0 Å². The molecule has 0 unspecified atom stereocenters. The molecule has 0 aromatic carbocycles. The van der Waals surface area contributed by atoms with Gasteiger partial charge >= 0.3 is 5.97 Å². The minimum Gasteiger partial charge on any atom is -0.465 e. The SMILES string of the molecule is CCOC(=O)CN(C(=O)c1sccc1C)C1CC1. The average molecular weight is 267 g/mol. The fraction of sp³-hybridized carbons (Fsp3) is 0.538. The summed E-state index contributed by atoms with van der Waals surface area (Å²) in [5, 5.41) is 1.90. The summed E-state index contributed by atoms with van der Waals surface area (Å²) in [6.45, 7) is 4.10. The third-order valence-corrected chi connectivity index (χ3v) is 3.91. The minimum absolute atomic E-state index is 0.0435. The number of esters is 1. The van der Waals surface area contributed by atoms with E-state index in [1.54, 1.807) is 11.8 Å². The van der Waals surface area contributed by atoms with Crippen molar-refractivity contribution in [2.45, 2.75) is 32.7 Å². The zero-order chi connectivity index (χ0) is 13.1. The van der Waals surface area contributed by atoms with E-state index < -0.39 is 0 Å². The lowest BCUT2D eigenvalue weighted by molar-refractivity contribution is -0.143. The van der Waals surface area contributed by atoms with Gasteiger partial charge in [-0.1, -0.05) is 0 Å². The Balaban J connectivity index is 2.08. The molecular formula is C13H17NO3S.